The van der Waals surface area contributed by atoms with Crippen molar-refractivity contribution >= 4 is 11.7 Å². The van der Waals surface area contributed by atoms with Gasteiger partial charge in [0.2, 0.25) is 0 Å². The summed E-state index contributed by atoms with van der Waals surface area (Å²) in [6.07, 6.45) is 2.69. The van der Waals surface area contributed by atoms with Crippen molar-refractivity contribution in [2.45, 2.75) is 58.2 Å². The van der Waals surface area contributed by atoms with E-state index in [9.17, 15) is 9.59 Å². The summed E-state index contributed by atoms with van der Waals surface area (Å²) in [5.41, 5.74) is 1.26. The number of nitrogens with zero attached hydrogens (tertiary/aromatic N) is 1. The van der Waals surface area contributed by atoms with Crippen LogP contribution >= 0.6 is 0 Å². The Balaban J connectivity index is 1.65. The first kappa shape index (κ1) is 19.2. The van der Waals surface area contributed by atoms with E-state index in [1.807, 2.05) is 23.1 Å². The minimum absolute atomic E-state index is 0.0257. The second-order valence-corrected chi connectivity index (χ2v) is 7.35. The van der Waals surface area contributed by atoms with Crippen LogP contribution in [0.15, 0.2) is 54.6 Å². The van der Waals surface area contributed by atoms with E-state index >= 15 is 0 Å². The predicted molar refractivity (Wildman–Crippen MR) is 106 cm³/mol. The Labute approximate surface area is 161 Å². The number of benzene rings is 2. The van der Waals surface area contributed by atoms with Gasteiger partial charge in [-0.2, -0.15) is 0 Å². The van der Waals surface area contributed by atoms with Crippen molar-refractivity contribution in [3.8, 4) is 5.75 Å². The molecule has 3 rings (SSSR count). The van der Waals surface area contributed by atoms with Crippen LogP contribution in [-0.4, -0.2) is 34.8 Å². The summed E-state index contributed by atoms with van der Waals surface area (Å²) in [4.78, 5) is 27.3. The molecule has 4 heteroatoms. The minimum Gasteiger partial charge on any atom is -0.481 e. The van der Waals surface area contributed by atoms with Crippen LogP contribution in [0.25, 0.3) is 0 Å². The predicted octanol–water partition coefficient (Wildman–Crippen LogP) is 4.47. The Morgan fingerprint density at radius 3 is 2.07 bits per heavy atom. The number of hydrogen-bond donors (Lipinski definition) is 0. The minimum atomic E-state index is -0.552. The molecule has 27 heavy (non-hydrogen) atoms. The first-order chi connectivity index (χ1) is 13.0. The highest BCUT2D eigenvalue weighted by Crippen LogP contribution is 2.24. The highest BCUT2D eigenvalue weighted by molar-refractivity contribution is 6.08. The molecule has 1 amide bonds. The number of rotatable bonds is 5. The molecule has 0 unspecified atom stereocenters. The molecular weight excluding hydrogens is 338 g/mol. The van der Waals surface area contributed by atoms with Crippen molar-refractivity contribution < 1.29 is 14.3 Å². The van der Waals surface area contributed by atoms with Crippen molar-refractivity contribution in [2.24, 2.45) is 0 Å². The fourth-order valence-corrected chi connectivity index (χ4v) is 3.76. The molecular formula is C23H27NO3. The number of piperidine rings is 1. The van der Waals surface area contributed by atoms with Gasteiger partial charge in [0.1, 0.15) is 5.75 Å². The van der Waals surface area contributed by atoms with Crippen LogP contribution < -0.4 is 4.74 Å². The Hall–Kier alpha value is -2.62. The van der Waals surface area contributed by atoms with Crippen molar-refractivity contribution in [2.75, 3.05) is 0 Å². The van der Waals surface area contributed by atoms with Gasteiger partial charge >= 0.3 is 0 Å². The van der Waals surface area contributed by atoms with Crippen LogP contribution in [0.3, 0.4) is 0 Å². The molecule has 0 N–H and O–H groups in total. The van der Waals surface area contributed by atoms with Crippen LogP contribution in [0.1, 0.15) is 56.0 Å². The Bertz CT molecular complexity index is 775. The van der Waals surface area contributed by atoms with Crippen molar-refractivity contribution in [1.82, 2.24) is 4.90 Å². The fraction of sp³-hybridized carbons (Fsp3) is 0.391. The zero-order valence-corrected chi connectivity index (χ0v) is 16.2. The normalized spacial score (nSPS) is 20.8. The van der Waals surface area contributed by atoms with E-state index in [4.69, 9.17) is 4.74 Å². The number of carbonyl (C=O) groups excluding carboxylic acids is 2. The molecule has 0 aromatic heterocycles. The number of likely N-dealkylation sites (tertiary alicyclic amines) is 1. The van der Waals surface area contributed by atoms with Gasteiger partial charge in [-0.1, -0.05) is 30.3 Å². The third-order valence-corrected chi connectivity index (χ3v) is 5.26. The van der Waals surface area contributed by atoms with E-state index in [-0.39, 0.29) is 23.8 Å². The smallest absolute Gasteiger partial charge is 0.263 e. The lowest BCUT2D eigenvalue weighted by Crippen LogP contribution is -2.51. The van der Waals surface area contributed by atoms with Crippen LogP contribution in [0.2, 0.25) is 0 Å². The molecule has 0 spiro atoms. The average Bonchev–Trinajstić information content (AvgIpc) is 2.68. The lowest BCUT2D eigenvalue weighted by molar-refractivity contribution is -0.144. The number of ether oxygens (including phenoxy) is 1. The molecule has 1 heterocycles. The molecule has 3 atom stereocenters. The monoisotopic (exact) mass is 365 g/mol. The maximum Gasteiger partial charge on any atom is 0.263 e. The van der Waals surface area contributed by atoms with Crippen molar-refractivity contribution in [3.63, 3.8) is 0 Å². The topological polar surface area (TPSA) is 46.6 Å². The molecule has 0 radical (unpaired) electrons. The maximum atomic E-state index is 12.8. The fourth-order valence-electron chi connectivity index (χ4n) is 3.76. The number of hydrogen-bond acceptors (Lipinski definition) is 3. The van der Waals surface area contributed by atoms with Crippen molar-refractivity contribution in [3.05, 3.63) is 65.7 Å². The Kier molecular flexibility index (Phi) is 5.94. The van der Waals surface area contributed by atoms with E-state index < -0.39 is 6.10 Å². The summed E-state index contributed by atoms with van der Waals surface area (Å²) < 4.78 is 5.86. The van der Waals surface area contributed by atoms with Crippen molar-refractivity contribution in [1.29, 1.82) is 0 Å². The molecule has 1 saturated heterocycles. The molecule has 0 bridgehead atoms. The summed E-state index contributed by atoms with van der Waals surface area (Å²) in [5.74, 6) is 0.596. The van der Waals surface area contributed by atoms with Gasteiger partial charge in [0.25, 0.3) is 5.91 Å². The van der Waals surface area contributed by atoms with E-state index in [0.29, 0.717) is 16.9 Å². The average molecular weight is 365 g/mol. The van der Waals surface area contributed by atoms with Crippen LogP contribution in [0, 0.1) is 0 Å². The number of amides is 1. The van der Waals surface area contributed by atoms with Crippen LogP contribution in [0.4, 0.5) is 0 Å². The Morgan fingerprint density at radius 2 is 1.48 bits per heavy atom. The molecule has 1 aliphatic heterocycles. The molecule has 0 aliphatic carbocycles. The van der Waals surface area contributed by atoms with Gasteiger partial charge in [-0.05, 0) is 64.3 Å². The van der Waals surface area contributed by atoms with Crippen LogP contribution in [0.5, 0.6) is 5.75 Å². The number of ketones is 1. The van der Waals surface area contributed by atoms with Gasteiger partial charge < -0.3 is 9.64 Å². The molecule has 4 nitrogen and oxygen atoms in total. The maximum absolute atomic E-state index is 12.8. The largest absolute Gasteiger partial charge is 0.481 e. The first-order valence-corrected chi connectivity index (χ1v) is 9.66. The van der Waals surface area contributed by atoms with Gasteiger partial charge in [-0.15, -0.1) is 0 Å². The second kappa shape index (κ2) is 8.38. The standard InChI is InChI=1S/C23H27NO3/c1-16-8-7-9-17(2)24(16)23(26)18(3)27-21-14-12-20(13-15-21)22(25)19-10-5-4-6-11-19/h4-6,10-18H,7-9H2,1-3H3/t16-,17-,18+/m0/s1. The zero-order chi connectivity index (χ0) is 19.4. The second-order valence-electron chi connectivity index (χ2n) is 7.35. The van der Waals surface area contributed by atoms with E-state index in [0.717, 1.165) is 19.3 Å². The summed E-state index contributed by atoms with van der Waals surface area (Å²) >= 11 is 0. The SMILES string of the molecule is C[C@@H](Oc1ccc(C(=O)c2ccccc2)cc1)C(=O)N1[C@@H](C)CCC[C@@H]1C. The molecule has 0 saturated carbocycles. The molecule has 1 fully saturated rings. The van der Waals surface area contributed by atoms with E-state index in [1.54, 1.807) is 43.3 Å². The third-order valence-electron chi connectivity index (χ3n) is 5.26. The van der Waals surface area contributed by atoms with Gasteiger partial charge in [-0.3, -0.25) is 9.59 Å². The Morgan fingerprint density at radius 1 is 0.926 bits per heavy atom. The summed E-state index contributed by atoms with van der Waals surface area (Å²) in [6.45, 7) is 5.99. The van der Waals surface area contributed by atoms with Gasteiger partial charge in [-0.25, -0.2) is 0 Å². The quantitative estimate of drug-likeness (QED) is 0.734. The molecule has 2 aromatic rings. The van der Waals surface area contributed by atoms with E-state index in [1.165, 1.54) is 0 Å². The molecule has 2 aromatic carbocycles. The lowest BCUT2D eigenvalue weighted by atomic mass is 9.97. The first-order valence-electron chi connectivity index (χ1n) is 9.66. The van der Waals surface area contributed by atoms with Crippen LogP contribution in [-0.2, 0) is 4.79 Å². The van der Waals surface area contributed by atoms with Gasteiger partial charge in [0, 0.05) is 23.2 Å². The highest BCUT2D eigenvalue weighted by atomic mass is 16.5. The molecule has 142 valence electrons. The third kappa shape index (κ3) is 4.38. The summed E-state index contributed by atoms with van der Waals surface area (Å²) in [6, 6.07) is 16.7. The summed E-state index contributed by atoms with van der Waals surface area (Å²) in [7, 11) is 0. The molecule has 1 aliphatic rings. The number of carbonyl (C=O) groups is 2. The lowest BCUT2D eigenvalue weighted by Gasteiger charge is -2.40. The van der Waals surface area contributed by atoms with Gasteiger partial charge in [0.05, 0.1) is 0 Å². The van der Waals surface area contributed by atoms with Gasteiger partial charge in [0.15, 0.2) is 11.9 Å². The zero-order valence-electron chi connectivity index (χ0n) is 16.2. The van der Waals surface area contributed by atoms with E-state index in [2.05, 4.69) is 13.8 Å². The summed E-state index contributed by atoms with van der Waals surface area (Å²) in [5, 5.41) is 0. The highest BCUT2D eigenvalue weighted by Gasteiger charge is 2.32.